The lowest BCUT2D eigenvalue weighted by atomic mass is 9.85. The summed E-state index contributed by atoms with van der Waals surface area (Å²) in [5.41, 5.74) is 10.2. The van der Waals surface area contributed by atoms with Crippen molar-refractivity contribution < 1.29 is 4.74 Å². The molecule has 0 amide bonds. The molecule has 2 heteroatoms. The van der Waals surface area contributed by atoms with E-state index in [0.717, 1.165) is 17.7 Å². The predicted octanol–water partition coefficient (Wildman–Crippen LogP) is 4.59. The van der Waals surface area contributed by atoms with E-state index in [-0.39, 0.29) is 6.04 Å². The van der Waals surface area contributed by atoms with Gasteiger partial charge in [-0.3, -0.25) is 0 Å². The number of hydrogen-bond donors (Lipinski definition) is 1. The van der Waals surface area contributed by atoms with Gasteiger partial charge in [-0.2, -0.15) is 0 Å². The van der Waals surface area contributed by atoms with E-state index in [1.807, 2.05) is 19.1 Å². The molecule has 2 rings (SSSR count). The van der Waals surface area contributed by atoms with E-state index in [4.69, 9.17) is 10.5 Å². The van der Waals surface area contributed by atoms with Gasteiger partial charge in [0.15, 0.2) is 0 Å². The Bertz CT molecular complexity index is 565. The zero-order valence-corrected chi connectivity index (χ0v) is 13.2. The molecule has 0 spiro atoms. The molecule has 0 heterocycles. The third-order valence-corrected chi connectivity index (χ3v) is 3.93. The van der Waals surface area contributed by atoms with E-state index >= 15 is 0 Å². The van der Waals surface area contributed by atoms with Gasteiger partial charge in [-0.1, -0.05) is 55.0 Å². The molecule has 2 aromatic rings. The summed E-state index contributed by atoms with van der Waals surface area (Å²) in [6.07, 6.45) is 1.00. The highest BCUT2D eigenvalue weighted by atomic mass is 16.5. The van der Waals surface area contributed by atoms with Gasteiger partial charge in [-0.05, 0) is 31.9 Å². The smallest absolute Gasteiger partial charge is 0.124 e. The van der Waals surface area contributed by atoms with E-state index in [1.165, 1.54) is 11.1 Å². The Kier molecular flexibility index (Phi) is 5.40. The first-order chi connectivity index (χ1) is 10.2. The van der Waals surface area contributed by atoms with E-state index in [0.29, 0.717) is 12.5 Å². The van der Waals surface area contributed by atoms with Gasteiger partial charge in [0.05, 0.1) is 6.61 Å². The van der Waals surface area contributed by atoms with E-state index in [2.05, 4.69) is 50.2 Å². The summed E-state index contributed by atoms with van der Waals surface area (Å²) in [4.78, 5) is 0. The van der Waals surface area contributed by atoms with Crippen LogP contribution < -0.4 is 10.5 Å². The van der Waals surface area contributed by atoms with Crippen molar-refractivity contribution in [1.29, 1.82) is 0 Å². The SMILES string of the molecule is CCOc1ccc(C)cc1C(N)C(CC)c1ccccc1. The molecular weight excluding hydrogens is 258 g/mol. The Morgan fingerprint density at radius 2 is 1.76 bits per heavy atom. The molecule has 0 aliphatic carbocycles. The fourth-order valence-corrected chi connectivity index (χ4v) is 2.83. The van der Waals surface area contributed by atoms with E-state index < -0.39 is 0 Å². The Hall–Kier alpha value is -1.80. The van der Waals surface area contributed by atoms with Crippen LogP contribution in [-0.4, -0.2) is 6.61 Å². The maximum atomic E-state index is 6.60. The van der Waals surface area contributed by atoms with Crippen molar-refractivity contribution in [2.75, 3.05) is 6.61 Å². The quantitative estimate of drug-likeness (QED) is 0.841. The number of benzene rings is 2. The molecular formula is C19H25NO. The van der Waals surface area contributed by atoms with Crippen LogP contribution in [0, 0.1) is 6.92 Å². The molecule has 0 aromatic heterocycles. The predicted molar refractivity (Wildman–Crippen MR) is 88.8 cm³/mol. The maximum Gasteiger partial charge on any atom is 0.124 e. The monoisotopic (exact) mass is 283 g/mol. The first-order valence-corrected chi connectivity index (χ1v) is 7.71. The maximum absolute atomic E-state index is 6.60. The van der Waals surface area contributed by atoms with Gasteiger partial charge in [0.25, 0.3) is 0 Å². The summed E-state index contributed by atoms with van der Waals surface area (Å²) in [6, 6.07) is 16.7. The minimum absolute atomic E-state index is 0.0566. The third kappa shape index (κ3) is 3.64. The second-order valence-corrected chi connectivity index (χ2v) is 5.43. The molecule has 0 aliphatic rings. The molecule has 0 saturated heterocycles. The first-order valence-electron chi connectivity index (χ1n) is 7.71. The Balaban J connectivity index is 2.37. The molecule has 0 radical (unpaired) electrons. The van der Waals surface area contributed by atoms with Crippen LogP contribution in [0.15, 0.2) is 48.5 Å². The minimum atomic E-state index is -0.0566. The van der Waals surface area contributed by atoms with Gasteiger partial charge in [0.1, 0.15) is 5.75 Å². The summed E-state index contributed by atoms with van der Waals surface area (Å²) >= 11 is 0. The molecule has 2 aromatic carbocycles. The summed E-state index contributed by atoms with van der Waals surface area (Å²) in [5.74, 6) is 1.21. The largest absolute Gasteiger partial charge is 0.494 e. The molecule has 112 valence electrons. The summed E-state index contributed by atoms with van der Waals surface area (Å²) in [7, 11) is 0. The molecule has 0 saturated carbocycles. The molecule has 0 fully saturated rings. The fourth-order valence-electron chi connectivity index (χ4n) is 2.83. The second kappa shape index (κ2) is 7.28. The van der Waals surface area contributed by atoms with E-state index in [9.17, 15) is 0 Å². The van der Waals surface area contributed by atoms with Gasteiger partial charge in [0, 0.05) is 17.5 Å². The molecule has 21 heavy (non-hydrogen) atoms. The average Bonchev–Trinajstić information content (AvgIpc) is 2.51. The highest BCUT2D eigenvalue weighted by molar-refractivity contribution is 5.41. The zero-order chi connectivity index (χ0) is 15.2. The van der Waals surface area contributed by atoms with Crippen molar-refractivity contribution in [2.24, 2.45) is 5.73 Å². The summed E-state index contributed by atoms with van der Waals surface area (Å²) in [6.45, 7) is 6.94. The Labute approximate surface area is 127 Å². The Morgan fingerprint density at radius 1 is 1.05 bits per heavy atom. The average molecular weight is 283 g/mol. The van der Waals surface area contributed by atoms with Gasteiger partial charge < -0.3 is 10.5 Å². The van der Waals surface area contributed by atoms with Crippen LogP contribution in [0.4, 0.5) is 0 Å². The van der Waals surface area contributed by atoms with Crippen LogP contribution in [-0.2, 0) is 0 Å². The lowest BCUT2D eigenvalue weighted by Gasteiger charge is -2.25. The second-order valence-electron chi connectivity index (χ2n) is 5.43. The van der Waals surface area contributed by atoms with E-state index in [1.54, 1.807) is 0 Å². The molecule has 2 unspecified atom stereocenters. The number of hydrogen-bond acceptors (Lipinski definition) is 2. The van der Waals surface area contributed by atoms with Gasteiger partial charge >= 0.3 is 0 Å². The molecule has 2 nitrogen and oxygen atoms in total. The van der Waals surface area contributed by atoms with Gasteiger partial charge in [0.2, 0.25) is 0 Å². The van der Waals surface area contributed by atoms with Crippen LogP contribution >= 0.6 is 0 Å². The first kappa shape index (κ1) is 15.6. The number of nitrogens with two attached hydrogens (primary N) is 1. The lowest BCUT2D eigenvalue weighted by Crippen LogP contribution is -2.20. The zero-order valence-electron chi connectivity index (χ0n) is 13.2. The van der Waals surface area contributed by atoms with Crippen LogP contribution in [0.3, 0.4) is 0 Å². The highest BCUT2D eigenvalue weighted by Crippen LogP contribution is 2.36. The third-order valence-electron chi connectivity index (χ3n) is 3.93. The number of ether oxygens (including phenoxy) is 1. The van der Waals surface area contributed by atoms with Crippen LogP contribution in [0.25, 0.3) is 0 Å². The van der Waals surface area contributed by atoms with Crippen molar-refractivity contribution in [3.8, 4) is 5.75 Å². The van der Waals surface area contributed by atoms with Crippen LogP contribution in [0.2, 0.25) is 0 Å². The standard InChI is InChI=1S/C19H25NO/c1-4-16(15-9-7-6-8-10-15)19(20)17-13-14(3)11-12-18(17)21-5-2/h6-13,16,19H,4-5,20H2,1-3H3. The fraction of sp³-hybridized carbons (Fsp3) is 0.368. The van der Waals surface area contributed by atoms with Crippen molar-refractivity contribution in [3.63, 3.8) is 0 Å². The van der Waals surface area contributed by atoms with Crippen LogP contribution in [0.1, 0.15) is 48.9 Å². The molecule has 2 N–H and O–H groups in total. The van der Waals surface area contributed by atoms with Crippen LogP contribution in [0.5, 0.6) is 5.75 Å². The Morgan fingerprint density at radius 3 is 2.38 bits per heavy atom. The molecule has 2 atom stereocenters. The van der Waals surface area contributed by atoms with Crippen molar-refractivity contribution >= 4 is 0 Å². The molecule has 0 bridgehead atoms. The number of aryl methyl sites for hydroxylation is 1. The summed E-state index contributed by atoms with van der Waals surface area (Å²) < 4.78 is 5.76. The number of rotatable bonds is 6. The topological polar surface area (TPSA) is 35.2 Å². The highest BCUT2D eigenvalue weighted by Gasteiger charge is 2.22. The van der Waals surface area contributed by atoms with Crippen molar-refractivity contribution in [3.05, 3.63) is 65.2 Å². The van der Waals surface area contributed by atoms with Gasteiger partial charge in [-0.15, -0.1) is 0 Å². The lowest BCUT2D eigenvalue weighted by molar-refractivity contribution is 0.331. The summed E-state index contributed by atoms with van der Waals surface area (Å²) in [5, 5.41) is 0. The normalized spacial score (nSPS) is 13.7. The van der Waals surface area contributed by atoms with Crippen molar-refractivity contribution in [2.45, 2.75) is 39.2 Å². The minimum Gasteiger partial charge on any atom is -0.494 e. The van der Waals surface area contributed by atoms with Crippen molar-refractivity contribution in [1.82, 2.24) is 0 Å². The van der Waals surface area contributed by atoms with Gasteiger partial charge in [-0.25, -0.2) is 0 Å². The molecule has 0 aliphatic heterocycles.